The summed E-state index contributed by atoms with van der Waals surface area (Å²) in [6, 6.07) is 7.93. The van der Waals surface area contributed by atoms with Crippen LogP contribution in [0, 0.1) is 10.1 Å². The van der Waals surface area contributed by atoms with Crippen LogP contribution in [0.5, 0.6) is 11.5 Å². The number of rotatable bonds is 5. The number of halogens is 2. The van der Waals surface area contributed by atoms with Gasteiger partial charge in [-0.25, -0.2) is 0 Å². The van der Waals surface area contributed by atoms with Crippen molar-refractivity contribution in [2.24, 2.45) is 0 Å². The molecule has 0 atom stereocenters. The topological polar surface area (TPSA) is 108 Å². The maximum atomic E-state index is 12.4. The highest BCUT2D eigenvalue weighted by atomic mass is 35.5. The first-order chi connectivity index (χ1) is 11.8. The van der Waals surface area contributed by atoms with Crippen molar-refractivity contribution in [3.63, 3.8) is 0 Å². The van der Waals surface area contributed by atoms with Gasteiger partial charge >= 0.3 is 5.97 Å². The van der Waals surface area contributed by atoms with E-state index in [2.05, 4.69) is 10.2 Å². The summed E-state index contributed by atoms with van der Waals surface area (Å²) < 4.78 is 4.97. The second-order valence-corrected chi connectivity index (χ2v) is 5.49. The number of hydrogen-bond donors (Lipinski definition) is 1. The van der Waals surface area contributed by atoms with Crippen LogP contribution in [0.1, 0.15) is 17.3 Å². The van der Waals surface area contributed by atoms with Gasteiger partial charge in [-0.3, -0.25) is 14.4 Å². The highest BCUT2D eigenvalue weighted by Crippen LogP contribution is 2.29. The van der Waals surface area contributed by atoms with Crippen molar-refractivity contribution in [1.82, 2.24) is 0 Å². The van der Waals surface area contributed by atoms with Crippen LogP contribution in [0.3, 0.4) is 0 Å². The number of esters is 1. The number of hydrogen-bond acceptors (Lipinski definition) is 6. The summed E-state index contributed by atoms with van der Waals surface area (Å²) >= 11 is 11.8. The number of anilines is 1. The standard InChI is InChI=1S/C15H10Cl2N2O6/c1-8(20)24-14-5-2-9(16)6-11(14)15(21)18-13-4-3-10(7-12(13)17)25-19(22)23/h2-7H,1H3,(H,18,21). The van der Waals surface area contributed by atoms with Gasteiger partial charge in [0.15, 0.2) is 0 Å². The smallest absolute Gasteiger partial charge is 0.308 e. The minimum Gasteiger partial charge on any atom is -0.426 e. The maximum absolute atomic E-state index is 12.4. The Morgan fingerprint density at radius 1 is 1.16 bits per heavy atom. The molecule has 0 aliphatic carbocycles. The monoisotopic (exact) mass is 384 g/mol. The van der Waals surface area contributed by atoms with Gasteiger partial charge in [0.25, 0.3) is 11.0 Å². The van der Waals surface area contributed by atoms with Crippen molar-refractivity contribution in [3.8, 4) is 11.5 Å². The second-order valence-electron chi connectivity index (χ2n) is 4.64. The Hall–Kier alpha value is -2.84. The van der Waals surface area contributed by atoms with E-state index in [0.29, 0.717) is 0 Å². The molecule has 0 bridgehead atoms. The third kappa shape index (κ3) is 5.07. The average Bonchev–Trinajstić information content (AvgIpc) is 2.50. The molecule has 2 aromatic carbocycles. The Labute approximate surface area is 151 Å². The Kier molecular flexibility index (Phi) is 5.79. The third-order valence-electron chi connectivity index (χ3n) is 2.81. The quantitative estimate of drug-likeness (QED) is 0.364. The molecule has 0 unspecified atom stereocenters. The summed E-state index contributed by atoms with van der Waals surface area (Å²) in [5, 5.41) is 12.1. The zero-order valence-corrected chi connectivity index (χ0v) is 14.1. The number of amides is 1. The van der Waals surface area contributed by atoms with E-state index in [1.54, 1.807) is 0 Å². The van der Waals surface area contributed by atoms with Crippen molar-refractivity contribution < 1.29 is 24.3 Å². The van der Waals surface area contributed by atoms with E-state index in [-0.39, 0.29) is 32.8 Å². The van der Waals surface area contributed by atoms with Gasteiger partial charge in [-0.1, -0.05) is 23.2 Å². The van der Waals surface area contributed by atoms with Gasteiger partial charge in [-0.2, -0.15) is 0 Å². The molecular weight excluding hydrogens is 375 g/mol. The van der Waals surface area contributed by atoms with Crippen LogP contribution >= 0.6 is 23.2 Å². The van der Waals surface area contributed by atoms with Gasteiger partial charge in [-0.15, -0.1) is 10.1 Å². The van der Waals surface area contributed by atoms with Gasteiger partial charge < -0.3 is 10.1 Å². The number of nitrogens with one attached hydrogen (secondary N) is 1. The minimum atomic E-state index is -0.985. The first-order valence-corrected chi connectivity index (χ1v) is 7.43. The fourth-order valence-electron chi connectivity index (χ4n) is 1.85. The highest BCUT2D eigenvalue weighted by Gasteiger charge is 2.16. The molecule has 0 aliphatic rings. The van der Waals surface area contributed by atoms with Crippen LogP contribution in [0.4, 0.5) is 5.69 Å². The van der Waals surface area contributed by atoms with E-state index >= 15 is 0 Å². The normalized spacial score (nSPS) is 10.0. The number of carbonyl (C=O) groups excluding carboxylic acids is 2. The number of carbonyl (C=O) groups is 2. The lowest BCUT2D eigenvalue weighted by Gasteiger charge is -2.11. The Morgan fingerprint density at radius 2 is 1.88 bits per heavy atom. The summed E-state index contributed by atoms with van der Waals surface area (Å²) in [4.78, 5) is 38.1. The lowest BCUT2D eigenvalue weighted by Crippen LogP contribution is -2.15. The molecule has 1 amide bonds. The molecule has 1 N–H and O–H groups in total. The molecule has 0 saturated heterocycles. The molecule has 0 saturated carbocycles. The van der Waals surface area contributed by atoms with Crippen LogP contribution < -0.4 is 14.9 Å². The van der Waals surface area contributed by atoms with E-state index in [1.165, 1.54) is 43.3 Å². The lowest BCUT2D eigenvalue weighted by atomic mass is 10.1. The fraction of sp³-hybridized carbons (Fsp3) is 0.0667. The molecule has 0 radical (unpaired) electrons. The maximum Gasteiger partial charge on any atom is 0.308 e. The molecule has 8 nitrogen and oxygen atoms in total. The number of ether oxygens (including phenoxy) is 1. The molecular formula is C15H10Cl2N2O6. The SMILES string of the molecule is CC(=O)Oc1ccc(Cl)cc1C(=O)Nc1ccc(O[N+](=O)[O-])cc1Cl. The molecule has 0 fully saturated rings. The summed E-state index contributed by atoms with van der Waals surface area (Å²) in [7, 11) is 0. The number of nitrogens with zero attached hydrogens (tertiary/aromatic N) is 1. The minimum absolute atomic E-state index is 0.0174. The van der Waals surface area contributed by atoms with E-state index in [0.717, 1.165) is 0 Å². The lowest BCUT2D eigenvalue weighted by molar-refractivity contribution is -0.711. The van der Waals surface area contributed by atoms with Crippen LogP contribution in [0.25, 0.3) is 0 Å². The first kappa shape index (κ1) is 18.5. The highest BCUT2D eigenvalue weighted by molar-refractivity contribution is 6.34. The van der Waals surface area contributed by atoms with Gasteiger partial charge in [-0.05, 0) is 36.4 Å². The molecule has 0 aromatic heterocycles. The molecule has 25 heavy (non-hydrogen) atoms. The summed E-state index contributed by atoms with van der Waals surface area (Å²) in [6.07, 6.45) is 0. The Balaban J connectivity index is 2.26. The fourth-order valence-corrected chi connectivity index (χ4v) is 2.24. The third-order valence-corrected chi connectivity index (χ3v) is 3.36. The summed E-state index contributed by atoms with van der Waals surface area (Å²) in [5.74, 6) is -1.31. The molecule has 0 aliphatic heterocycles. The van der Waals surface area contributed by atoms with Gasteiger partial charge in [0.05, 0.1) is 16.3 Å². The molecule has 2 aromatic rings. The molecule has 0 spiro atoms. The van der Waals surface area contributed by atoms with E-state index in [9.17, 15) is 19.7 Å². The van der Waals surface area contributed by atoms with E-state index in [4.69, 9.17) is 27.9 Å². The van der Waals surface area contributed by atoms with Crippen molar-refractivity contribution in [2.45, 2.75) is 6.92 Å². The summed E-state index contributed by atoms with van der Waals surface area (Å²) in [6.45, 7) is 1.20. The van der Waals surface area contributed by atoms with Crippen LogP contribution in [-0.4, -0.2) is 17.0 Å². The van der Waals surface area contributed by atoms with E-state index < -0.39 is 17.0 Å². The molecule has 10 heteroatoms. The predicted molar refractivity (Wildman–Crippen MR) is 89.8 cm³/mol. The zero-order valence-electron chi connectivity index (χ0n) is 12.6. The van der Waals surface area contributed by atoms with Gasteiger partial charge in [0.1, 0.15) is 11.5 Å². The molecule has 2 rings (SSSR count). The summed E-state index contributed by atoms with van der Waals surface area (Å²) in [5.41, 5.74) is 0.195. The van der Waals surface area contributed by atoms with Crippen molar-refractivity contribution in [1.29, 1.82) is 0 Å². The van der Waals surface area contributed by atoms with Crippen molar-refractivity contribution in [3.05, 3.63) is 62.1 Å². The van der Waals surface area contributed by atoms with Crippen molar-refractivity contribution in [2.75, 3.05) is 5.32 Å². The van der Waals surface area contributed by atoms with Gasteiger partial charge in [0.2, 0.25) is 0 Å². The Bertz CT molecular complexity index is 856. The van der Waals surface area contributed by atoms with Crippen LogP contribution in [-0.2, 0) is 4.79 Å². The molecule has 0 heterocycles. The van der Waals surface area contributed by atoms with E-state index in [1.807, 2.05) is 0 Å². The largest absolute Gasteiger partial charge is 0.426 e. The van der Waals surface area contributed by atoms with Crippen LogP contribution in [0.15, 0.2) is 36.4 Å². The predicted octanol–water partition coefficient (Wildman–Crippen LogP) is 3.74. The zero-order chi connectivity index (χ0) is 18.6. The number of benzene rings is 2. The molecule has 130 valence electrons. The van der Waals surface area contributed by atoms with Crippen molar-refractivity contribution >= 4 is 40.8 Å². The van der Waals surface area contributed by atoms with Crippen LogP contribution in [0.2, 0.25) is 10.0 Å². The second kappa shape index (κ2) is 7.82. The Morgan fingerprint density at radius 3 is 2.48 bits per heavy atom. The average molecular weight is 385 g/mol. The first-order valence-electron chi connectivity index (χ1n) is 6.67. The van der Waals surface area contributed by atoms with Gasteiger partial charge in [0, 0.05) is 11.9 Å².